The zero-order valence-electron chi connectivity index (χ0n) is 27.6. The Bertz CT molecular complexity index is 1940. The second kappa shape index (κ2) is 16.6. The van der Waals surface area contributed by atoms with Crippen LogP contribution < -0.4 is 10.0 Å². The van der Waals surface area contributed by atoms with E-state index in [0.29, 0.717) is 12.1 Å². The van der Waals surface area contributed by atoms with Gasteiger partial charge in [0.15, 0.2) is 6.29 Å². The standard InChI is InChI=1S/C40H40N2O6S2/c1-28-12-22-36(23-13-28)50(45,46)42-37(24-29-8-4-2-5-9-29)39(44)41-33-20-18-32(19-21-33)40-47-34(27-49-35-10-6-3-7-11-35)25-38(48-40)31-16-14-30(26-43)15-17-31/h2-23,34,37-38,40,42-43H,24-27H2,1H3,(H,41,44). The van der Waals surface area contributed by atoms with E-state index >= 15 is 0 Å². The lowest BCUT2D eigenvalue weighted by Gasteiger charge is -2.36. The smallest absolute Gasteiger partial charge is 0.242 e. The maximum absolute atomic E-state index is 13.6. The van der Waals surface area contributed by atoms with Crippen LogP contribution in [0.2, 0.25) is 0 Å². The van der Waals surface area contributed by atoms with Gasteiger partial charge in [-0.3, -0.25) is 4.79 Å². The SMILES string of the molecule is Cc1ccc(S(=O)(=O)NC(Cc2ccccc2)C(=O)Nc2ccc(C3OC(CSc4ccccc4)CC(c4ccc(CO)cc4)O3)cc2)cc1. The van der Waals surface area contributed by atoms with Gasteiger partial charge < -0.3 is 19.9 Å². The lowest BCUT2D eigenvalue weighted by atomic mass is 10.0. The molecule has 258 valence electrons. The molecular formula is C40H40N2O6S2. The number of rotatable bonds is 13. The number of aliphatic hydroxyl groups excluding tert-OH is 1. The molecule has 1 fully saturated rings. The van der Waals surface area contributed by atoms with Crippen molar-refractivity contribution in [2.24, 2.45) is 0 Å². The van der Waals surface area contributed by atoms with E-state index in [9.17, 15) is 18.3 Å². The molecule has 5 aromatic rings. The maximum atomic E-state index is 13.6. The number of ether oxygens (including phenoxy) is 2. The van der Waals surface area contributed by atoms with E-state index < -0.39 is 28.3 Å². The summed E-state index contributed by atoms with van der Waals surface area (Å²) in [6.07, 6.45) is -0.124. The van der Waals surface area contributed by atoms with Crippen LogP contribution in [-0.2, 0) is 37.3 Å². The molecule has 0 radical (unpaired) electrons. The quantitative estimate of drug-likeness (QED) is 0.110. The van der Waals surface area contributed by atoms with Gasteiger partial charge in [-0.1, -0.05) is 103 Å². The first-order valence-electron chi connectivity index (χ1n) is 16.5. The van der Waals surface area contributed by atoms with Crippen molar-refractivity contribution in [1.82, 2.24) is 4.72 Å². The zero-order chi connectivity index (χ0) is 34.9. The highest BCUT2D eigenvalue weighted by Crippen LogP contribution is 2.39. The molecule has 0 bridgehead atoms. The average Bonchev–Trinajstić information content (AvgIpc) is 3.15. The van der Waals surface area contributed by atoms with Gasteiger partial charge in [0.1, 0.15) is 6.04 Å². The van der Waals surface area contributed by atoms with Crippen molar-refractivity contribution in [3.8, 4) is 0 Å². The van der Waals surface area contributed by atoms with Gasteiger partial charge in [0, 0.05) is 28.3 Å². The summed E-state index contributed by atoms with van der Waals surface area (Å²) in [6.45, 7) is 1.86. The van der Waals surface area contributed by atoms with Crippen LogP contribution in [0.25, 0.3) is 0 Å². The number of benzene rings is 5. The zero-order valence-corrected chi connectivity index (χ0v) is 29.3. The van der Waals surface area contributed by atoms with Crippen LogP contribution in [0.3, 0.4) is 0 Å². The monoisotopic (exact) mass is 708 g/mol. The fourth-order valence-electron chi connectivity index (χ4n) is 5.69. The third-order valence-corrected chi connectivity index (χ3v) is 11.1. The summed E-state index contributed by atoms with van der Waals surface area (Å²) in [4.78, 5) is 14.9. The Kier molecular flexibility index (Phi) is 11.8. The van der Waals surface area contributed by atoms with Crippen LogP contribution in [0.4, 0.5) is 5.69 Å². The summed E-state index contributed by atoms with van der Waals surface area (Å²) in [6, 6.07) is 39.9. The van der Waals surface area contributed by atoms with Gasteiger partial charge in [0.05, 0.1) is 23.7 Å². The van der Waals surface area contributed by atoms with E-state index in [2.05, 4.69) is 22.2 Å². The molecule has 4 unspecified atom stereocenters. The first-order valence-corrected chi connectivity index (χ1v) is 18.9. The largest absolute Gasteiger partial charge is 0.392 e. The normalized spacial score (nSPS) is 18.3. The van der Waals surface area contributed by atoms with Crippen molar-refractivity contribution in [2.75, 3.05) is 11.1 Å². The molecule has 4 atom stereocenters. The molecule has 0 saturated carbocycles. The Balaban J connectivity index is 1.17. The number of carbonyl (C=O) groups is 1. The molecule has 50 heavy (non-hydrogen) atoms. The van der Waals surface area contributed by atoms with Crippen LogP contribution in [-0.4, -0.2) is 37.3 Å². The topological polar surface area (TPSA) is 114 Å². The van der Waals surface area contributed by atoms with E-state index in [1.165, 1.54) is 12.1 Å². The van der Waals surface area contributed by atoms with Crippen molar-refractivity contribution in [2.45, 2.75) is 60.7 Å². The molecular weight excluding hydrogens is 669 g/mol. The number of amides is 1. The number of hydrogen-bond acceptors (Lipinski definition) is 7. The first-order chi connectivity index (χ1) is 24.3. The van der Waals surface area contributed by atoms with Crippen LogP contribution >= 0.6 is 11.8 Å². The minimum absolute atomic E-state index is 0.0254. The number of carbonyl (C=O) groups excluding carboxylic acids is 1. The van der Waals surface area contributed by atoms with Crippen molar-refractivity contribution in [1.29, 1.82) is 0 Å². The fraction of sp³-hybridized carbons (Fsp3) is 0.225. The predicted molar refractivity (Wildman–Crippen MR) is 196 cm³/mol. The predicted octanol–water partition coefficient (Wildman–Crippen LogP) is 7.35. The van der Waals surface area contributed by atoms with E-state index in [4.69, 9.17) is 9.47 Å². The molecule has 1 amide bonds. The summed E-state index contributed by atoms with van der Waals surface area (Å²) in [7, 11) is -3.97. The molecule has 0 spiro atoms. The van der Waals surface area contributed by atoms with Crippen molar-refractivity contribution < 1.29 is 27.8 Å². The van der Waals surface area contributed by atoms with Gasteiger partial charge in [0.25, 0.3) is 0 Å². The second-order valence-corrected chi connectivity index (χ2v) is 15.1. The fourth-order valence-corrected chi connectivity index (χ4v) is 7.83. The molecule has 10 heteroatoms. The Morgan fingerprint density at radius 2 is 1.44 bits per heavy atom. The highest BCUT2D eigenvalue weighted by molar-refractivity contribution is 7.99. The van der Waals surface area contributed by atoms with Gasteiger partial charge in [-0.05, 0) is 66.4 Å². The summed E-state index contributed by atoms with van der Waals surface area (Å²) in [5, 5.41) is 12.4. The van der Waals surface area contributed by atoms with Crippen LogP contribution in [0.15, 0.2) is 143 Å². The maximum Gasteiger partial charge on any atom is 0.242 e. The van der Waals surface area contributed by atoms with E-state index in [1.807, 2.05) is 91.9 Å². The first kappa shape index (κ1) is 35.5. The van der Waals surface area contributed by atoms with Crippen LogP contribution in [0, 0.1) is 6.92 Å². The van der Waals surface area contributed by atoms with Gasteiger partial charge in [0.2, 0.25) is 15.9 Å². The highest BCUT2D eigenvalue weighted by atomic mass is 32.2. The Morgan fingerprint density at radius 3 is 2.10 bits per heavy atom. The number of thioether (sulfide) groups is 1. The lowest BCUT2D eigenvalue weighted by molar-refractivity contribution is -0.245. The van der Waals surface area contributed by atoms with Crippen LogP contribution in [0.1, 0.15) is 46.6 Å². The summed E-state index contributed by atoms with van der Waals surface area (Å²) >= 11 is 1.73. The number of anilines is 1. The number of hydrogen-bond donors (Lipinski definition) is 3. The molecule has 1 aliphatic heterocycles. The van der Waals surface area contributed by atoms with Gasteiger partial charge in [-0.2, -0.15) is 4.72 Å². The van der Waals surface area contributed by atoms with Gasteiger partial charge in [-0.15, -0.1) is 11.8 Å². The Labute approximate surface area is 297 Å². The highest BCUT2D eigenvalue weighted by Gasteiger charge is 2.32. The van der Waals surface area contributed by atoms with Crippen LogP contribution in [0.5, 0.6) is 0 Å². The Morgan fingerprint density at radius 1 is 0.800 bits per heavy atom. The summed E-state index contributed by atoms with van der Waals surface area (Å²) in [5.74, 6) is 0.261. The van der Waals surface area contributed by atoms with E-state index in [1.54, 1.807) is 36.0 Å². The molecule has 5 aromatic carbocycles. The van der Waals surface area contributed by atoms with E-state index in [0.717, 1.165) is 38.5 Å². The Hall–Kier alpha value is -4.29. The van der Waals surface area contributed by atoms with Crippen molar-refractivity contribution in [3.05, 3.63) is 161 Å². The summed E-state index contributed by atoms with van der Waals surface area (Å²) < 4.78 is 42.2. The molecule has 0 aliphatic carbocycles. The second-order valence-electron chi connectivity index (χ2n) is 12.3. The number of sulfonamides is 1. The third-order valence-electron chi connectivity index (χ3n) is 8.47. The van der Waals surface area contributed by atoms with Crippen molar-refractivity contribution >= 4 is 33.4 Å². The molecule has 8 nitrogen and oxygen atoms in total. The number of aryl methyl sites for hydroxylation is 1. The molecule has 1 saturated heterocycles. The molecule has 6 rings (SSSR count). The molecule has 0 aromatic heterocycles. The van der Waals surface area contributed by atoms with E-state index in [-0.39, 0.29) is 30.1 Å². The average molecular weight is 709 g/mol. The minimum atomic E-state index is -3.97. The molecule has 3 N–H and O–H groups in total. The lowest BCUT2D eigenvalue weighted by Crippen LogP contribution is -2.45. The molecule has 1 heterocycles. The molecule has 1 aliphatic rings. The van der Waals surface area contributed by atoms with Crippen molar-refractivity contribution in [3.63, 3.8) is 0 Å². The number of aliphatic hydroxyl groups is 1. The third kappa shape index (κ3) is 9.48. The van der Waals surface area contributed by atoms with Gasteiger partial charge in [-0.25, -0.2) is 8.42 Å². The summed E-state index contributed by atoms with van der Waals surface area (Å²) in [5.41, 5.74) is 4.89. The minimum Gasteiger partial charge on any atom is -0.392 e. The van der Waals surface area contributed by atoms with Gasteiger partial charge >= 0.3 is 0 Å². The number of nitrogens with one attached hydrogen (secondary N) is 2.